The van der Waals surface area contributed by atoms with Crippen molar-refractivity contribution in [3.8, 4) is 5.75 Å². The van der Waals surface area contributed by atoms with E-state index in [1.807, 2.05) is 30.3 Å². The maximum absolute atomic E-state index is 6.12. The van der Waals surface area contributed by atoms with Crippen LogP contribution in [0, 0.1) is 0 Å². The number of unbranched alkanes of at least 4 members (excludes halogenated alkanes) is 32. The lowest BCUT2D eigenvalue weighted by Crippen LogP contribution is -2.01. The first-order valence-corrected chi connectivity index (χ1v) is 22.7. The summed E-state index contributed by atoms with van der Waals surface area (Å²) >= 11 is 0. The quantitative estimate of drug-likeness (QED) is 0.0507. The number of hydrogen-bond donors (Lipinski definition) is 0. The Morgan fingerprint density at radius 1 is 0.333 bits per heavy atom. The Balaban J connectivity index is 1.95. The van der Waals surface area contributed by atoms with Crippen molar-refractivity contribution in [2.24, 2.45) is 0 Å². The van der Waals surface area contributed by atoms with Gasteiger partial charge in [-0.05, 0) is 25.0 Å². The fourth-order valence-electron chi connectivity index (χ4n) is 6.59. The second-order valence-corrected chi connectivity index (χ2v) is 15.8. The van der Waals surface area contributed by atoms with Crippen LogP contribution in [-0.4, -0.2) is 13.2 Å². The molecule has 1 rings (SSSR count). The van der Waals surface area contributed by atoms with Crippen LogP contribution in [-0.2, 0) is 9.05 Å². The Bertz CT molecular complexity index is 674. The Morgan fingerprint density at radius 3 is 0.854 bits per heavy atom. The molecule has 0 heterocycles. The van der Waals surface area contributed by atoms with Gasteiger partial charge in [0, 0.05) is 0 Å². The lowest BCUT2D eigenvalue weighted by atomic mass is 10.0. The van der Waals surface area contributed by atoms with Gasteiger partial charge in [0.15, 0.2) is 0 Å². The van der Waals surface area contributed by atoms with E-state index in [1.54, 1.807) is 0 Å². The van der Waals surface area contributed by atoms with Crippen molar-refractivity contribution in [1.29, 1.82) is 0 Å². The van der Waals surface area contributed by atoms with Gasteiger partial charge in [-0.25, -0.2) is 0 Å². The van der Waals surface area contributed by atoms with Gasteiger partial charge < -0.3 is 13.6 Å². The van der Waals surface area contributed by atoms with Crippen LogP contribution in [0.2, 0.25) is 0 Å². The van der Waals surface area contributed by atoms with Crippen LogP contribution in [0.4, 0.5) is 0 Å². The van der Waals surface area contributed by atoms with Gasteiger partial charge in [-0.1, -0.05) is 238 Å². The van der Waals surface area contributed by atoms with Crippen LogP contribution in [0.1, 0.15) is 232 Å². The van der Waals surface area contributed by atoms with Crippen molar-refractivity contribution < 1.29 is 13.6 Å². The average molecular weight is 691 g/mol. The molecule has 282 valence electrons. The van der Waals surface area contributed by atoms with Crippen LogP contribution in [0.15, 0.2) is 30.3 Å². The highest BCUT2D eigenvalue weighted by Gasteiger charge is 2.14. The summed E-state index contributed by atoms with van der Waals surface area (Å²) in [4.78, 5) is 0. The number of benzene rings is 1. The van der Waals surface area contributed by atoms with Crippen molar-refractivity contribution in [3.63, 3.8) is 0 Å². The molecule has 1 aromatic carbocycles. The molecule has 0 saturated carbocycles. The monoisotopic (exact) mass is 691 g/mol. The van der Waals surface area contributed by atoms with E-state index in [-0.39, 0.29) is 0 Å². The van der Waals surface area contributed by atoms with Gasteiger partial charge in [-0.15, -0.1) is 0 Å². The molecule has 0 saturated heterocycles. The minimum Gasteiger partial charge on any atom is -0.427 e. The summed E-state index contributed by atoms with van der Waals surface area (Å²) in [5, 5.41) is 0. The van der Waals surface area contributed by atoms with Crippen molar-refractivity contribution in [2.45, 2.75) is 232 Å². The second-order valence-electron chi connectivity index (χ2n) is 14.6. The highest BCUT2D eigenvalue weighted by molar-refractivity contribution is 7.42. The summed E-state index contributed by atoms with van der Waals surface area (Å²) in [5.74, 6) is 0.841. The number of hydrogen-bond acceptors (Lipinski definition) is 3. The minimum absolute atomic E-state index is 0.732. The molecule has 0 unspecified atom stereocenters. The van der Waals surface area contributed by atoms with E-state index in [2.05, 4.69) is 13.8 Å². The summed E-state index contributed by atoms with van der Waals surface area (Å²) in [6, 6.07) is 10.0. The molecule has 3 nitrogen and oxygen atoms in total. The first-order chi connectivity index (χ1) is 23.9. The lowest BCUT2D eigenvalue weighted by Gasteiger charge is -2.17. The molecule has 0 bridgehead atoms. The average Bonchev–Trinajstić information content (AvgIpc) is 3.10. The molecule has 0 aliphatic heterocycles. The summed E-state index contributed by atoms with van der Waals surface area (Å²) in [6.07, 6.45) is 47.3. The summed E-state index contributed by atoms with van der Waals surface area (Å²) in [5.41, 5.74) is 0. The van der Waals surface area contributed by atoms with E-state index in [4.69, 9.17) is 13.6 Å². The van der Waals surface area contributed by atoms with Gasteiger partial charge in [0.05, 0.1) is 13.2 Å². The van der Waals surface area contributed by atoms with Crippen LogP contribution in [0.5, 0.6) is 5.75 Å². The largest absolute Gasteiger partial charge is 0.427 e. The zero-order chi connectivity index (χ0) is 34.3. The maximum Gasteiger partial charge on any atom is 0.397 e. The van der Waals surface area contributed by atoms with Crippen molar-refractivity contribution in [2.75, 3.05) is 13.2 Å². The minimum atomic E-state index is -1.33. The molecule has 0 spiro atoms. The standard InChI is InChI=1S/C44H83O3P/c1-3-5-7-9-11-13-15-17-19-21-23-25-27-29-31-33-38-42-45-48(47-44-40-36-35-37-41-44)46-43-39-34-32-30-28-26-24-22-20-18-16-14-12-10-8-6-4-2/h35-37,40-41H,3-34,38-39,42-43H2,1-2H3. The Morgan fingerprint density at radius 2 is 0.583 bits per heavy atom. The molecular formula is C44H83O3P. The highest BCUT2D eigenvalue weighted by atomic mass is 31.2. The fourth-order valence-corrected chi connectivity index (χ4v) is 7.62. The molecule has 0 radical (unpaired) electrons. The first-order valence-electron chi connectivity index (χ1n) is 21.7. The van der Waals surface area contributed by atoms with Gasteiger partial charge in [0.1, 0.15) is 5.75 Å². The van der Waals surface area contributed by atoms with Crippen LogP contribution in [0.25, 0.3) is 0 Å². The molecule has 4 heteroatoms. The van der Waals surface area contributed by atoms with Gasteiger partial charge >= 0.3 is 8.60 Å². The van der Waals surface area contributed by atoms with E-state index in [9.17, 15) is 0 Å². The third-order valence-corrected chi connectivity index (χ3v) is 11.0. The molecular weight excluding hydrogens is 607 g/mol. The Hall–Kier alpha value is -0.630. The predicted octanol–water partition coefficient (Wildman–Crippen LogP) is 16.6. The summed E-state index contributed by atoms with van der Waals surface area (Å²) in [6.45, 7) is 6.06. The smallest absolute Gasteiger partial charge is 0.397 e. The molecule has 48 heavy (non-hydrogen) atoms. The highest BCUT2D eigenvalue weighted by Crippen LogP contribution is 2.41. The van der Waals surface area contributed by atoms with Crippen LogP contribution >= 0.6 is 8.60 Å². The molecule has 0 atom stereocenters. The second kappa shape index (κ2) is 39.2. The fraction of sp³-hybridized carbons (Fsp3) is 0.864. The van der Waals surface area contributed by atoms with Gasteiger partial charge in [-0.2, -0.15) is 0 Å². The third kappa shape index (κ3) is 33.8. The predicted molar refractivity (Wildman–Crippen MR) is 214 cm³/mol. The van der Waals surface area contributed by atoms with Crippen LogP contribution < -0.4 is 4.52 Å². The normalized spacial score (nSPS) is 11.6. The van der Waals surface area contributed by atoms with Gasteiger partial charge in [0.2, 0.25) is 0 Å². The topological polar surface area (TPSA) is 27.7 Å². The molecule has 0 fully saturated rings. The molecule has 0 aliphatic rings. The molecule has 0 aromatic heterocycles. The first kappa shape index (κ1) is 45.4. The Labute approximate surface area is 302 Å². The SMILES string of the molecule is CCCCCCCCCCCCCCCCCCCOP(OCCCCCCCCCCCCCCCCCCC)Oc1ccccc1. The van der Waals surface area contributed by atoms with E-state index in [1.165, 1.54) is 205 Å². The molecule has 0 N–H and O–H groups in total. The zero-order valence-electron chi connectivity index (χ0n) is 32.5. The Kier molecular flexibility index (Phi) is 37.0. The molecule has 1 aromatic rings. The van der Waals surface area contributed by atoms with Crippen molar-refractivity contribution >= 4 is 8.60 Å². The van der Waals surface area contributed by atoms with Gasteiger partial charge in [0.25, 0.3) is 0 Å². The van der Waals surface area contributed by atoms with E-state index < -0.39 is 8.60 Å². The zero-order valence-corrected chi connectivity index (χ0v) is 33.4. The van der Waals surface area contributed by atoms with Crippen molar-refractivity contribution in [1.82, 2.24) is 0 Å². The van der Waals surface area contributed by atoms with E-state index in [0.29, 0.717) is 0 Å². The molecule has 0 amide bonds. The molecule has 0 aliphatic carbocycles. The summed E-state index contributed by atoms with van der Waals surface area (Å²) < 4.78 is 18.3. The van der Waals surface area contributed by atoms with Crippen molar-refractivity contribution in [3.05, 3.63) is 30.3 Å². The van der Waals surface area contributed by atoms with E-state index >= 15 is 0 Å². The van der Waals surface area contributed by atoms with E-state index in [0.717, 1.165) is 31.8 Å². The lowest BCUT2D eigenvalue weighted by molar-refractivity contribution is 0.198. The summed E-state index contributed by atoms with van der Waals surface area (Å²) in [7, 11) is -1.33. The number of rotatable bonds is 40. The third-order valence-electron chi connectivity index (χ3n) is 9.81. The maximum atomic E-state index is 6.12. The number of para-hydroxylation sites is 1. The van der Waals surface area contributed by atoms with Crippen LogP contribution in [0.3, 0.4) is 0 Å². The van der Waals surface area contributed by atoms with Gasteiger partial charge in [-0.3, -0.25) is 0 Å².